The van der Waals surface area contributed by atoms with Gasteiger partial charge in [0.05, 0.1) is 25.3 Å². The number of carboxylic acids is 1. The van der Waals surface area contributed by atoms with Crippen LogP contribution in [0.25, 0.3) is 22.3 Å². The lowest BCUT2D eigenvalue weighted by Crippen LogP contribution is -2.61. The monoisotopic (exact) mass is 1810 g/mol. The molecule has 3 aliphatic heterocycles. The predicted molar refractivity (Wildman–Crippen MR) is 487 cm³/mol. The van der Waals surface area contributed by atoms with Crippen LogP contribution < -0.4 is 86.3 Å². The molecule has 15 amide bonds. The maximum atomic E-state index is 15.6. The van der Waals surface area contributed by atoms with Gasteiger partial charge in [0.15, 0.2) is 11.9 Å². The van der Waals surface area contributed by atoms with Crippen molar-refractivity contribution in [3.63, 3.8) is 0 Å². The van der Waals surface area contributed by atoms with Crippen molar-refractivity contribution in [2.45, 2.75) is 198 Å². The summed E-state index contributed by atoms with van der Waals surface area (Å²) >= 11 is 0.828. The molecule has 0 spiro atoms. The van der Waals surface area contributed by atoms with Crippen molar-refractivity contribution in [3.05, 3.63) is 156 Å². The van der Waals surface area contributed by atoms with Crippen LogP contribution in [-0.4, -0.2) is 257 Å². The Kier molecular flexibility index (Phi) is 39.4. The molecular formula is C91H123N21O17S. The number of likely N-dealkylation sites (N-methyl/N-ethyl adjacent to an activating group) is 1. The average Bonchev–Trinajstić information content (AvgIpc) is 1.68. The maximum Gasteiger partial charge on any atom is 0.305 e. The summed E-state index contributed by atoms with van der Waals surface area (Å²) in [5.41, 5.74) is 21.7. The van der Waals surface area contributed by atoms with E-state index in [9.17, 15) is 67.4 Å². The van der Waals surface area contributed by atoms with Gasteiger partial charge in [-0.05, 0) is 114 Å². The Hall–Kier alpha value is -13.5. The predicted octanol–water partition coefficient (Wildman–Crippen LogP) is 0.0445. The van der Waals surface area contributed by atoms with Crippen molar-refractivity contribution >= 4 is 118 Å². The first-order valence-electron chi connectivity index (χ1n) is 43.6. The highest BCUT2D eigenvalue weighted by Gasteiger charge is 2.44. The summed E-state index contributed by atoms with van der Waals surface area (Å²) in [6.45, 7) is 8.51. The number of thioether (sulfide) groups is 1. The van der Waals surface area contributed by atoms with E-state index in [4.69, 9.17) is 28.0 Å². The number of fused-ring (bicyclic) bond motifs is 2. The van der Waals surface area contributed by atoms with E-state index >= 15 is 14.4 Å². The van der Waals surface area contributed by atoms with Gasteiger partial charge in [0.2, 0.25) is 88.6 Å². The zero-order valence-electron chi connectivity index (χ0n) is 74.2. The summed E-state index contributed by atoms with van der Waals surface area (Å²) in [6.07, 6.45) is -1.35. The molecule has 3 heterocycles. The number of nitrogens with one attached hydrogen (secondary N) is 15. The fourth-order valence-electron chi connectivity index (χ4n) is 15.4. The van der Waals surface area contributed by atoms with Gasteiger partial charge in [-0.15, -0.1) is 11.8 Å². The van der Waals surface area contributed by atoms with Gasteiger partial charge in [0, 0.05) is 58.2 Å². The summed E-state index contributed by atoms with van der Waals surface area (Å²) in [5.74, 6) is -18.3. The van der Waals surface area contributed by atoms with Crippen molar-refractivity contribution in [1.82, 2.24) is 83.8 Å². The molecule has 0 unspecified atom stereocenters. The topological polar surface area (TPSA) is 585 Å². The molecule has 0 saturated carbocycles. The molecule has 0 aromatic heterocycles. The molecule has 8 rings (SSSR count). The van der Waals surface area contributed by atoms with Gasteiger partial charge in [0.25, 0.3) is 0 Å². The zero-order chi connectivity index (χ0) is 94.8. The highest BCUT2D eigenvalue weighted by atomic mass is 32.2. The van der Waals surface area contributed by atoms with Crippen LogP contribution in [0.5, 0.6) is 0 Å². The minimum absolute atomic E-state index is 0.00203. The second-order valence-electron chi connectivity index (χ2n) is 33.8. The Morgan fingerprint density at radius 1 is 0.454 bits per heavy atom. The number of carbonyl (C=O) groups is 16. The van der Waals surface area contributed by atoms with Crippen LogP contribution in [-0.2, 0) is 96.0 Å². The number of hydrogen-bond donors (Lipinski definition) is 19. The second kappa shape index (κ2) is 50.3. The molecule has 3 fully saturated rings. The molecule has 130 heavy (non-hydrogen) atoms. The molecule has 0 radical (unpaired) electrons. The molecule has 38 nitrogen and oxygen atoms in total. The number of hydrogen-bond acceptors (Lipinski definition) is 19. The fourth-order valence-corrected chi connectivity index (χ4v) is 16.3. The highest BCUT2D eigenvalue weighted by Crippen LogP contribution is 2.26. The quantitative estimate of drug-likeness (QED) is 0.0208. The van der Waals surface area contributed by atoms with Crippen LogP contribution in [0.15, 0.2) is 140 Å². The largest absolute Gasteiger partial charge is 0.481 e. The molecule has 0 aliphatic carbocycles. The number of carbonyl (C=O) groups excluding carboxylic acids is 15. The Morgan fingerprint density at radius 2 is 0.862 bits per heavy atom. The number of carboxylic acid groups (broad SMARTS) is 1. The van der Waals surface area contributed by atoms with Crippen LogP contribution >= 0.6 is 11.8 Å². The van der Waals surface area contributed by atoms with E-state index in [-0.39, 0.29) is 115 Å². The number of nitrogens with two attached hydrogens (primary N) is 3. The van der Waals surface area contributed by atoms with Crippen molar-refractivity contribution in [2.75, 3.05) is 57.8 Å². The van der Waals surface area contributed by atoms with Gasteiger partial charge in [-0.3, -0.25) is 87.5 Å². The number of primary amides is 1. The van der Waals surface area contributed by atoms with Gasteiger partial charge in [0.1, 0.15) is 72.5 Å². The Labute approximate surface area is 759 Å². The lowest BCUT2D eigenvalue weighted by atomic mass is 9.98. The van der Waals surface area contributed by atoms with Crippen LogP contribution in [0.2, 0.25) is 0 Å². The average molecular weight is 1820 g/mol. The lowest BCUT2D eigenvalue weighted by molar-refractivity contribution is -0.145. The normalized spacial score (nSPS) is 23.0. The summed E-state index contributed by atoms with van der Waals surface area (Å²) < 4.78 is 0. The van der Waals surface area contributed by atoms with E-state index in [0.29, 0.717) is 16.7 Å². The van der Waals surface area contributed by atoms with Gasteiger partial charge in [-0.25, -0.2) is 0 Å². The molecule has 39 heteroatoms. The second-order valence-corrected chi connectivity index (χ2v) is 34.8. The standard InChI is InChI=1S/C91H123N21O17S/c1-52(2)43-64-81(121)107-69(78(118)99-48-72(92)113)50-130-51-73(114)100-65(44-55-21-11-8-12-22-55)82(122)104-66(45-56-31-35-60(36-32-56)58-23-13-9-14-24-58)83(123)106-68(46-57-33-37-61(38-34-57)59-25-15-10-16-26-59)88(128)110(7)49-74(115)111-41-19-29-70(111)85(125)105-67(47-75(116)117)84(124)101-63(28-18-40-98-91(95)96)80(120)109-77(54(5)6)89(129)112-42-20-30-71(112)86(126)108-76(53(3)4)87(127)102-62(79(119)103-64)27-17-39-97-90(93)94/h8-16,21-26,31-38,52-54,62-71,76-77H,17-20,27-30,39-51H2,1-7H3,(H2,92,113)(H,99,118)(H,100,114)(H,101,124)(H,102,127)(H,103,119)(H,104,122)(H,105,125)(H,106,123)(H,107,121)(H,108,126)(H,109,120)(H,116,117)(H4,93,94,97)(H4,95,96,98)/t62-,63-,64-,65-,66-,67-,68-,69-,70-,71-,76-,77-/m0/s1. The van der Waals surface area contributed by atoms with Crippen molar-refractivity contribution in [2.24, 2.45) is 35.0 Å². The summed E-state index contributed by atoms with van der Waals surface area (Å²) in [4.78, 5) is 236. The van der Waals surface area contributed by atoms with Crippen molar-refractivity contribution < 1.29 is 81.8 Å². The molecule has 22 N–H and O–H groups in total. The van der Waals surface area contributed by atoms with E-state index in [2.05, 4.69) is 69.1 Å². The SMILES string of the molecule is CC(C)C[C@@H]1NC(=O)[C@H](CCCNC(=N)N)NC(=O)[C@H](C(C)C)NC(=O)[C@@H]2CCCN2C(=O)[C@H](C(C)C)NC(=O)[C@H](CCCNC(=N)N)NC(=O)[C@H](CC(=O)O)NC(=O)[C@@H]2CCCN2C(=O)CN(C)C(=O)[C@H](Cc2ccc(-c3ccccc3)cc2)NC(=O)[C@H](Cc2ccc(-c3ccccc3)cc2)NC(=O)[C@H](Cc2ccccc2)NC(=O)CSC[C@@H](C(=O)NCC(N)=O)NC1=O. The van der Waals surface area contributed by atoms with E-state index in [1.165, 1.54) is 16.8 Å². The maximum absolute atomic E-state index is 15.6. The number of benzene rings is 5. The third-order valence-electron chi connectivity index (χ3n) is 22.3. The van der Waals surface area contributed by atoms with E-state index in [1.807, 2.05) is 84.9 Å². The van der Waals surface area contributed by atoms with Gasteiger partial charge < -0.3 is 106 Å². The summed E-state index contributed by atoms with van der Waals surface area (Å²) in [6, 6.07) is 24.0. The lowest BCUT2D eigenvalue weighted by Gasteiger charge is -2.33. The Bertz CT molecular complexity index is 4800. The number of guanidine groups is 2. The molecule has 700 valence electrons. The Balaban J connectivity index is 1.18. The number of rotatable bonds is 25. The van der Waals surface area contributed by atoms with E-state index in [0.717, 1.165) is 38.9 Å². The van der Waals surface area contributed by atoms with Crippen molar-refractivity contribution in [3.8, 4) is 22.3 Å². The highest BCUT2D eigenvalue weighted by molar-refractivity contribution is 8.00. The number of amides is 15. The third kappa shape index (κ3) is 31.8. The van der Waals surface area contributed by atoms with Crippen LogP contribution in [0, 0.1) is 28.6 Å². The first-order valence-corrected chi connectivity index (χ1v) is 44.8. The molecule has 5 aromatic carbocycles. The van der Waals surface area contributed by atoms with Gasteiger partial charge in [-0.1, -0.05) is 181 Å². The minimum Gasteiger partial charge on any atom is -0.481 e. The molecular weight excluding hydrogens is 1690 g/mol. The molecule has 0 bridgehead atoms. The summed E-state index contributed by atoms with van der Waals surface area (Å²) in [5, 5.41) is 60.5. The smallest absolute Gasteiger partial charge is 0.305 e. The first kappa shape index (κ1) is 102. The van der Waals surface area contributed by atoms with E-state index < -0.39 is 216 Å². The summed E-state index contributed by atoms with van der Waals surface area (Å²) in [7, 11) is 1.31. The molecule has 3 saturated heterocycles. The zero-order valence-corrected chi connectivity index (χ0v) is 75.1. The minimum atomic E-state index is -1.91. The van der Waals surface area contributed by atoms with Crippen molar-refractivity contribution in [1.29, 1.82) is 10.8 Å². The molecule has 3 aliphatic rings. The fraction of sp³-hybridized carbons (Fsp3) is 0.473. The molecule has 5 aromatic rings. The third-order valence-corrected chi connectivity index (χ3v) is 23.3. The number of nitrogens with zero attached hydrogens (tertiary/aromatic N) is 3. The molecule has 12 atom stereocenters. The Morgan fingerprint density at radius 3 is 1.37 bits per heavy atom. The first-order chi connectivity index (χ1) is 61.9. The van der Waals surface area contributed by atoms with Crippen LogP contribution in [0.3, 0.4) is 0 Å². The van der Waals surface area contributed by atoms with Crippen LogP contribution in [0.4, 0.5) is 0 Å². The van der Waals surface area contributed by atoms with E-state index in [1.54, 1.807) is 96.1 Å². The van der Waals surface area contributed by atoms with Gasteiger partial charge >= 0.3 is 5.97 Å². The van der Waals surface area contributed by atoms with Gasteiger partial charge in [-0.2, -0.15) is 0 Å². The van der Waals surface area contributed by atoms with Crippen LogP contribution in [0.1, 0.15) is 122 Å². The number of aliphatic carboxylic acids is 1.